The maximum absolute atomic E-state index is 13.1. The summed E-state index contributed by atoms with van der Waals surface area (Å²) in [6.45, 7) is 1.66. The van der Waals surface area contributed by atoms with Crippen molar-refractivity contribution in [2.75, 3.05) is 6.54 Å². The van der Waals surface area contributed by atoms with Gasteiger partial charge in [0.05, 0.1) is 15.9 Å². The van der Waals surface area contributed by atoms with E-state index in [2.05, 4.69) is 4.72 Å². The summed E-state index contributed by atoms with van der Waals surface area (Å²) in [5, 5.41) is 19.6. The number of rotatable bonds is 7. The Morgan fingerprint density at radius 3 is 2.70 bits per heavy atom. The zero-order valence-electron chi connectivity index (χ0n) is 10.7. The van der Waals surface area contributed by atoms with Gasteiger partial charge in [-0.15, -0.1) is 0 Å². The molecule has 1 atom stereocenters. The van der Waals surface area contributed by atoms with E-state index in [1.54, 1.807) is 6.92 Å². The molecule has 20 heavy (non-hydrogen) atoms. The maximum Gasteiger partial charge on any atom is 0.306 e. The van der Waals surface area contributed by atoms with Gasteiger partial charge in [0.1, 0.15) is 0 Å². The second-order valence-corrected chi connectivity index (χ2v) is 6.03. The van der Waals surface area contributed by atoms with Crippen LogP contribution in [-0.4, -0.2) is 31.1 Å². The first-order chi connectivity index (χ1) is 9.24. The van der Waals surface area contributed by atoms with Crippen LogP contribution in [0.5, 0.6) is 0 Å². The van der Waals surface area contributed by atoms with Crippen molar-refractivity contribution in [3.05, 3.63) is 34.1 Å². The molecule has 112 valence electrons. The molecule has 0 amide bonds. The molecule has 1 unspecified atom stereocenters. The molecule has 0 radical (unpaired) electrons. The number of aliphatic hydroxyl groups excluding tert-OH is 1. The number of aliphatic hydroxyl groups is 1. The van der Waals surface area contributed by atoms with E-state index >= 15 is 0 Å². The van der Waals surface area contributed by atoms with Crippen LogP contribution < -0.4 is 4.72 Å². The molecule has 7 nitrogen and oxygen atoms in total. The topological polar surface area (TPSA) is 110 Å². The molecule has 1 aromatic carbocycles. The van der Waals surface area contributed by atoms with Gasteiger partial charge in [-0.25, -0.2) is 13.1 Å². The number of nitrogens with one attached hydrogen (secondary N) is 1. The molecule has 0 aliphatic carbocycles. The number of nitro benzene ring substituents is 1. The van der Waals surface area contributed by atoms with E-state index in [-0.39, 0.29) is 11.4 Å². The van der Waals surface area contributed by atoms with Crippen molar-refractivity contribution in [2.24, 2.45) is 0 Å². The first-order valence-electron chi connectivity index (χ1n) is 5.85. The van der Waals surface area contributed by atoms with E-state index < -0.39 is 32.6 Å². The summed E-state index contributed by atoms with van der Waals surface area (Å²) < 4.78 is 39.0. The molecule has 9 heteroatoms. The predicted molar refractivity (Wildman–Crippen MR) is 69.2 cm³/mol. The summed E-state index contributed by atoms with van der Waals surface area (Å²) in [6.07, 6.45) is 0.304. The van der Waals surface area contributed by atoms with E-state index in [4.69, 9.17) is 5.11 Å². The Hall–Kier alpha value is -1.58. The third kappa shape index (κ3) is 4.51. The van der Waals surface area contributed by atoms with Crippen molar-refractivity contribution in [3.63, 3.8) is 0 Å². The van der Waals surface area contributed by atoms with Crippen molar-refractivity contribution < 1.29 is 22.8 Å². The normalized spacial score (nSPS) is 13.2. The van der Waals surface area contributed by atoms with Crippen LogP contribution in [0, 0.1) is 15.9 Å². The third-order valence-electron chi connectivity index (χ3n) is 2.52. The minimum Gasteiger partial charge on any atom is -0.393 e. The molecule has 0 saturated carbocycles. The minimum atomic E-state index is -3.93. The Morgan fingerprint density at radius 1 is 1.50 bits per heavy atom. The van der Waals surface area contributed by atoms with Gasteiger partial charge in [0.15, 0.2) is 0 Å². The van der Waals surface area contributed by atoms with Crippen molar-refractivity contribution in [3.8, 4) is 0 Å². The van der Waals surface area contributed by atoms with Crippen molar-refractivity contribution in [1.82, 2.24) is 4.72 Å². The fourth-order valence-electron chi connectivity index (χ4n) is 1.49. The SMILES string of the molecule is CC(O)CCCNS(=O)(=O)c1ccc(F)c([N+](=O)[O-])c1. The lowest BCUT2D eigenvalue weighted by Gasteiger charge is -2.07. The van der Waals surface area contributed by atoms with Crippen LogP contribution in [0.25, 0.3) is 0 Å². The van der Waals surface area contributed by atoms with E-state index in [0.29, 0.717) is 18.9 Å². The van der Waals surface area contributed by atoms with Gasteiger partial charge in [0, 0.05) is 12.6 Å². The molecule has 0 bridgehead atoms. The average molecular weight is 306 g/mol. The van der Waals surface area contributed by atoms with Crippen molar-refractivity contribution in [1.29, 1.82) is 0 Å². The zero-order chi connectivity index (χ0) is 15.3. The molecule has 0 aliphatic rings. The Kier molecular flexibility index (Phi) is 5.54. The van der Waals surface area contributed by atoms with E-state index in [0.717, 1.165) is 12.1 Å². The van der Waals surface area contributed by atoms with Crippen LogP contribution in [0.1, 0.15) is 19.8 Å². The lowest BCUT2D eigenvalue weighted by atomic mass is 10.2. The number of hydrogen-bond donors (Lipinski definition) is 2. The van der Waals surface area contributed by atoms with Crippen LogP contribution >= 0.6 is 0 Å². The molecular formula is C11H15FN2O5S. The largest absolute Gasteiger partial charge is 0.393 e. The molecule has 2 N–H and O–H groups in total. The molecule has 0 spiro atoms. The highest BCUT2D eigenvalue weighted by molar-refractivity contribution is 7.89. The zero-order valence-corrected chi connectivity index (χ0v) is 11.6. The van der Waals surface area contributed by atoms with Crippen molar-refractivity contribution in [2.45, 2.75) is 30.8 Å². The summed E-state index contributed by atoms with van der Waals surface area (Å²) in [4.78, 5) is 9.20. The smallest absolute Gasteiger partial charge is 0.306 e. The van der Waals surface area contributed by atoms with Crippen LogP contribution in [0.3, 0.4) is 0 Å². The summed E-state index contributed by atoms with van der Waals surface area (Å²) in [6, 6.07) is 2.37. The minimum absolute atomic E-state index is 0.0818. The van der Waals surface area contributed by atoms with Gasteiger partial charge in [-0.2, -0.15) is 4.39 Å². The van der Waals surface area contributed by atoms with Gasteiger partial charge < -0.3 is 5.11 Å². The fourth-order valence-corrected chi connectivity index (χ4v) is 2.58. The average Bonchev–Trinajstić information content (AvgIpc) is 2.34. The molecule has 0 aliphatic heterocycles. The van der Waals surface area contributed by atoms with E-state index in [1.165, 1.54) is 0 Å². The third-order valence-corrected chi connectivity index (χ3v) is 3.97. The predicted octanol–water partition coefficient (Wildman–Crippen LogP) is 1.17. The Bertz CT molecular complexity index is 588. The maximum atomic E-state index is 13.1. The van der Waals surface area contributed by atoms with Crippen LogP contribution in [-0.2, 0) is 10.0 Å². The number of hydrogen-bond acceptors (Lipinski definition) is 5. The quantitative estimate of drug-likeness (QED) is 0.446. The number of halogens is 1. The van der Waals surface area contributed by atoms with Gasteiger partial charge in [-0.1, -0.05) is 0 Å². The highest BCUT2D eigenvalue weighted by Gasteiger charge is 2.21. The molecule has 0 saturated heterocycles. The fraction of sp³-hybridized carbons (Fsp3) is 0.455. The molecular weight excluding hydrogens is 291 g/mol. The number of benzene rings is 1. The summed E-state index contributed by atoms with van der Waals surface area (Å²) >= 11 is 0. The molecule has 0 heterocycles. The van der Waals surface area contributed by atoms with Gasteiger partial charge in [0.25, 0.3) is 0 Å². The van der Waals surface area contributed by atoms with Gasteiger partial charge in [-0.05, 0) is 31.9 Å². The Labute approximate surface area is 115 Å². The molecule has 0 aromatic heterocycles. The van der Waals surface area contributed by atoms with Crippen LogP contribution in [0.2, 0.25) is 0 Å². The van der Waals surface area contributed by atoms with Gasteiger partial charge >= 0.3 is 5.69 Å². The molecule has 1 aromatic rings. The second kappa shape index (κ2) is 6.73. The first-order valence-corrected chi connectivity index (χ1v) is 7.34. The number of nitro groups is 1. The van der Waals surface area contributed by atoms with E-state index in [9.17, 15) is 22.9 Å². The lowest BCUT2D eigenvalue weighted by molar-refractivity contribution is -0.387. The van der Waals surface area contributed by atoms with Gasteiger partial charge in [-0.3, -0.25) is 10.1 Å². The van der Waals surface area contributed by atoms with Crippen LogP contribution in [0.15, 0.2) is 23.1 Å². The van der Waals surface area contributed by atoms with Gasteiger partial charge in [0.2, 0.25) is 15.8 Å². The monoisotopic (exact) mass is 306 g/mol. The number of sulfonamides is 1. The van der Waals surface area contributed by atoms with E-state index in [1.807, 2.05) is 0 Å². The molecule has 1 rings (SSSR count). The lowest BCUT2D eigenvalue weighted by Crippen LogP contribution is -2.25. The Morgan fingerprint density at radius 2 is 2.15 bits per heavy atom. The Balaban J connectivity index is 2.82. The molecule has 0 fully saturated rings. The second-order valence-electron chi connectivity index (χ2n) is 4.26. The highest BCUT2D eigenvalue weighted by Crippen LogP contribution is 2.21. The standard InChI is InChI=1S/C11H15FN2O5S/c1-8(15)3-2-6-13-20(18,19)9-4-5-10(12)11(7-9)14(16)17/h4-5,7-8,13,15H,2-3,6H2,1H3. The van der Waals surface area contributed by atoms with Crippen LogP contribution in [0.4, 0.5) is 10.1 Å². The summed E-state index contributed by atoms with van der Waals surface area (Å²) in [7, 11) is -3.93. The summed E-state index contributed by atoms with van der Waals surface area (Å²) in [5.74, 6) is -1.09. The number of nitrogens with zero attached hydrogens (tertiary/aromatic N) is 1. The highest BCUT2D eigenvalue weighted by atomic mass is 32.2. The van der Waals surface area contributed by atoms with Crippen molar-refractivity contribution >= 4 is 15.7 Å². The first kappa shape index (κ1) is 16.5. The summed E-state index contributed by atoms with van der Waals surface area (Å²) in [5.41, 5.74) is -0.892.